The second-order valence-corrected chi connectivity index (χ2v) is 4.40. The fraction of sp³-hybridized carbons (Fsp3) is 0.385. The molecular formula is C13H17NO5. The van der Waals surface area contributed by atoms with E-state index >= 15 is 0 Å². The van der Waals surface area contributed by atoms with E-state index in [-0.39, 0.29) is 6.54 Å². The number of hydrogen-bond donors (Lipinski definition) is 3. The van der Waals surface area contributed by atoms with Crippen LogP contribution < -0.4 is 5.32 Å². The summed E-state index contributed by atoms with van der Waals surface area (Å²) < 4.78 is 4.96. The van der Waals surface area contributed by atoms with E-state index in [1.165, 1.54) is 0 Å². The van der Waals surface area contributed by atoms with Crippen molar-refractivity contribution in [3.05, 3.63) is 35.4 Å². The molecule has 0 saturated heterocycles. The average Bonchev–Trinajstić information content (AvgIpc) is 2.36. The maximum Gasteiger partial charge on any atom is 0.337 e. The topological polar surface area (TPSA) is 95.9 Å². The van der Waals surface area contributed by atoms with Crippen LogP contribution in [0.2, 0.25) is 0 Å². The lowest BCUT2D eigenvalue weighted by Crippen LogP contribution is -2.46. The van der Waals surface area contributed by atoms with Gasteiger partial charge in [-0.15, -0.1) is 0 Å². The van der Waals surface area contributed by atoms with Gasteiger partial charge in [-0.25, -0.2) is 4.79 Å². The van der Waals surface area contributed by atoms with Crippen LogP contribution >= 0.6 is 0 Å². The number of carbonyl (C=O) groups is 2. The van der Waals surface area contributed by atoms with E-state index in [1.54, 1.807) is 25.3 Å². The minimum Gasteiger partial charge on any atom is -0.479 e. The third kappa shape index (κ3) is 4.35. The Kier molecular flexibility index (Phi) is 5.02. The van der Waals surface area contributed by atoms with Crippen molar-refractivity contribution >= 4 is 11.9 Å². The second kappa shape index (κ2) is 6.31. The molecule has 0 aliphatic rings. The molecule has 1 unspecified atom stereocenters. The van der Waals surface area contributed by atoms with Gasteiger partial charge in [0, 0.05) is 12.7 Å². The van der Waals surface area contributed by atoms with Crippen LogP contribution in [0.15, 0.2) is 24.3 Å². The number of aliphatic hydroxyl groups is 1. The molecule has 3 N–H and O–H groups in total. The van der Waals surface area contributed by atoms with E-state index in [9.17, 15) is 14.7 Å². The molecule has 1 aromatic carbocycles. The van der Waals surface area contributed by atoms with E-state index in [1.807, 2.05) is 6.07 Å². The van der Waals surface area contributed by atoms with Crippen molar-refractivity contribution in [1.82, 2.24) is 5.32 Å². The first-order chi connectivity index (χ1) is 8.86. The first-order valence-corrected chi connectivity index (χ1v) is 5.68. The van der Waals surface area contributed by atoms with Crippen LogP contribution in [0.25, 0.3) is 0 Å². The Morgan fingerprint density at radius 1 is 1.42 bits per heavy atom. The van der Waals surface area contributed by atoms with Gasteiger partial charge in [0.15, 0.2) is 5.60 Å². The lowest BCUT2D eigenvalue weighted by molar-refractivity contribution is -0.155. The van der Waals surface area contributed by atoms with Gasteiger partial charge in [-0.05, 0) is 24.6 Å². The van der Waals surface area contributed by atoms with Crippen molar-refractivity contribution in [2.45, 2.75) is 19.1 Å². The first kappa shape index (κ1) is 15.1. The van der Waals surface area contributed by atoms with Gasteiger partial charge in [-0.2, -0.15) is 0 Å². The highest BCUT2D eigenvalue weighted by Crippen LogP contribution is 2.07. The largest absolute Gasteiger partial charge is 0.479 e. The highest BCUT2D eigenvalue weighted by molar-refractivity contribution is 5.94. The Morgan fingerprint density at radius 3 is 2.68 bits per heavy atom. The number of amides is 1. The molecule has 0 heterocycles. The van der Waals surface area contributed by atoms with E-state index < -0.39 is 17.5 Å². The summed E-state index contributed by atoms with van der Waals surface area (Å²) in [5.41, 5.74) is -0.768. The van der Waals surface area contributed by atoms with E-state index in [0.717, 1.165) is 12.5 Å². The zero-order chi connectivity index (χ0) is 14.5. The number of carboxylic acid groups (broad SMARTS) is 1. The van der Waals surface area contributed by atoms with Crippen molar-refractivity contribution < 1.29 is 24.5 Å². The molecule has 0 spiro atoms. The van der Waals surface area contributed by atoms with Crippen molar-refractivity contribution in [2.75, 3.05) is 13.7 Å². The van der Waals surface area contributed by atoms with Gasteiger partial charge in [0.2, 0.25) is 0 Å². The molecule has 0 aliphatic heterocycles. The van der Waals surface area contributed by atoms with Crippen LogP contribution in [-0.2, 0) is 16.1 Å². The van der Waals surface area contributed by atoms with Gasteiger partial charge >= 0.3 is 5.97 Å². The average molecular weight is 267 g/mol. The van der Waals surface area contributed by atoms with E-state index in [2.05, 4.69) is 5.32 Å². The molecule has 0 aromatic heterocycles. The Hall–Kier alpha value is -1.92. The minimum atomic E-state index is -1.99. The van der Waals surface area contributed by atoms with Crippen molar-refractivity contribution in [2.24, 2.45) is 0 Å². The van der Waals surface area contributed by atoms with Gasteiger partial charge in [0.1, 0.15) is 0 Å². The van der Waals surface area contributed by atoms with Crippen LogP contribution in [0.4, 0.5) is 0 Å². The van der Waals surface area contributed by atoms with Crippen LogP contribution in [0.3, 0.4) is 0 Å². The molecule has 104 valence electrons. The molecule has 19 heavy (non-hydrogen) atoms. The van der Waals surface area contributed by atoms with Crippen molar-refractivity contribution in [3.63, 3.8) is 0 Å². The fourth-order valence-corrected chi connectivity index (χ4v) is 1.40. The van der Waals surface area contributed by atoms with Gasteiger partial charge in [-0.1, -0.05) is 12.1 Å². The van der Waals surface area contributed by atoms with Crippen LogP contribution in [0.1, 0.15) is 22.8 Å². The van der Waals surface area contributed by atoms with E-state index in [4.69, 9.17) is 9.84 Å². The van der Waals surface area contributed by atoms with E-state index in [0.29, 0.717) is 12.2 Å². The van der Waals surface area contributed by atoms with Gasteiger partial charge < -0.3 is 20.3 Å². The molecule has 0 fully saturated rings. The molecule has 6 nitrogen and oxygen atoms in total. The smallest absolute Gasteiger partial charge is 0.337 e. The Balaban J connectivity index is 2.68. The molecule has 1 atom stereocenters. The Bertz CT molecular complexity index is 470. The third-order valence-corrected chi connectivity index (χ3v) is 2.55. The first-order valence-electron chi connectivity index (χ1n) is 5.68. The highest BCUT2D eigenvalue weighted by atomic mass is 16.5. The number of aliphatic carboxylic acids is 1. The Labute approximate surface area is 111 Å². The standard InChI is InChI=1S/C13H17NO5/c1-13(18,12(16)17)8-14-11(15)10-5-3-4-9(6-10)7-19-2/h3-6,18H,7-8H2,1-2H3,(H,14,15)(H,16,17). The lowest BCUT2D eigenvalue weighted by Gasteiger charge is -2.18. The number of rotatable bonds is 6. The summed E-state index contributed by atoms with van der Waals surface area (Å²) >= 11 is 0. The number of ether oxygens (including phenoxy) is 1. The monoisotopic (exact) mass is 267 g/mol. The number of nitrogens with one attached hydrogen (secondary N) is 1. The molecule has 0 radical (unpaired) electrons. The predicted molar refractivity (Wildman–Crippen MR) is 67.7 cm³/mol. The maximum absolute atomic E-state index is 11.8. The SMILES string of the molecule is COCc1cccc(C(=O)NCC(C)(O)C(=O)O)c1. The lowest BCUT2D eigenvalue weighted by atomic mass is 10.1. The quantitative estimate of drug-likeness (QED) is 0.693. The molecule has 1 amide bonds. The summed E-state index contributed by atoms with van der Waals surface area (Å²) in [6, 6.07) is 6.77. The summed E-state index contributed by atoms with van der Waals surface area (Å²) in [6.07, 6.45) is 0. The minimum absolute atomic E-state index is 0.365. The molecule has 0 saturated carbocycles. The summed E-state index contributed by atoms with van der Waals surface area (Å²) in [5, 5.41) is 20.6. The summed E-state index contributed by atoms with van der Waals surface area (Å²) in [4.78, 5) is 22.5. The molecule has 1 aromatic rings. The zero-order valence-electron chi connectivity index (χ0n) is 10.8. The summed E-state index contributed by atoms with van der Waals surface area (Å²) in [7, 11) is 1.55. The third-order valence-electron chi connectivity index (χ3n) is 2.55. The second-order valence-electron chi connectivity index (χ2n) is 4.40. The maximum atomic E-state index is 11.8. The van der Waals surface area contributed by atoms with Crippen LogP contribution in [0.5, 0.6) is 0 Å². The fourth-order valence-electron chi connectivity index (χ4n) is 1.40. The summed E-state index contributed by atoms with van der Waals surface area (Å²) in [5.74, 6) is -1.83. The van der Waals surface area contributed by atoms with Gasteiger partial charge in [-0.3, -0.25) is 4.79 Å². The van der Waals surface area contributed by atoms with Gasteiger partial charge in [0.25, 0.3) is 5.91 Å². The molecule has 0 aliphatic carbocycles. The van der Waals surface area contributed by atoms with Gasteiger partial charge in [0.05, 0.1) is 13.2 Å². The molecular weight excluding hydrogens is 250 g/mol. The number of hydrogen-bond acceptors (Lipinski definition) is 4. The molecule has 1 rings (SSSR count). The predicted octanol–water partition coefficient (Wildman–Crippen LogP) is 0.398. The number of benzene rings is 1. The molecule has 6 heteroatoms. The Morgan fingerprint density at radius 2 is 2.11 bits per heavy atom. The highest BCUT2D eigenvalue weighted by Gasteiger charge is 2.30. The van der Waals surface area contributed by atoms with Crippen LogP contribution in [0, 0.1) is 0 Å². The molecule has 0 bridgehead atoms. The zero-order valence-corrected chi connectivity index (χ0v) is 10.8. The number of carbonyl (C=O) groups excluding carboxylic acids is 1. The number of methoxy groups -OCH3 is 1. The normalized spacial score (nSPS) is 13.6. The van der Waals surface area contributed by atoms with Crippen LogP contribution in [-0.4, -0.2) is 41.3 Å². The summed E-state index contributed by atoms with van der Waals surface area (Å²) in [6.45, 7) is 1.14. The number of carboxylic acids is 1. The van der Waals surface area contributed by atoms with Crippen molar-refractivity contribution in [1.29, 1.82) is 0 Å². The van der Waals surface area contributed by atoms with Crippen molar-refractivity contribution in [3.8, 4) is 0 Å².